The summed E-state index contributed by atoms with van der Waals surface area (Å²) in [5.74, 6) is -0.621. The molecule has 2 rings (SSSR count). The number of rotatable bonds is 5. The Hall–Kier alpha value is -1.42. The molecule has 20 heavy (non-hydrogen) atoms. The molecular formula is C16H15BrF2O. The van der Waals surface area contributed by atoms with Crippen LogP contribution in [0.4, 0.5) is 8.78 Å². The summed E-state index contributed by atoms with van der Waals surface area (Å²) in [5, 5.41) is 0. The monoisotopic (exact) mass is 340 g/mol. The molecule has 0 aromatic heterocycles. The topological polar surface area (TPSA) is 9.23 Å². The SMILES string of the molecule is CCCc1ccc(OCc2c(F)ccc(Br)c2F)cc1. The molecule has 0 aliphatic carbocycles. The summed E-state index contributed by atoms with van der Waals surface area (Å²) in [6, 6.07) is 10.1. The van der Waals surface area contributed by atoms with Gasteiger partial charge in [-0.25, -0.2) is 8.78 Å². The Kier molecular flexibility index (Phi) is 5.12. The van der Waals surface area contributed by atoms with E-state index in [1.165, 1.54) is 17.7 Å². The number of benzene rings is 2. The van der Waals surface area contributed by atoms with E-state index in [9.17, 15) is 8.78 Å². The van der Waals surface area contributed by atoms with Crippen LogP contribution in [0.3, 0.4) is 0 Å². The van der Waals surface area contributed by atoms with E-state index in [1.54, 1.807) is 0 Å². The highest BCUT2D eigenvalue weighted by Gasteiger charge is 2.12. The van der Waals surface area contributed by atoms with Gasteiger partial charge in [-0.05, 0) is 52.2 Å². The van der Waals surface area contributed by atoms with Crippen LogP contribution in [0.5, 0.6) is 5.75 Å². The van der Waals surface area contributed by atoms with Gasteiger partial charge in [0.25, 0.3) is 0 Å². The molecule has 0 N–H and O–H groups in total. The third kappa shape index (κ3) is 3.57. The van der Waals surface area contributed by atoms with Crippen molar-refractivity contribution in [2.45, 2.75) is 26.4 Å². The fourth-order valence-electron chi connectivity index (χ4n) is 1.90. The first kappa shape index (κ1) is 15.0. The minimum atomic E-state index is -0.618. The number of aryl methyl sites for hydroxylation is 1. The van der Waals surface area contributed by atoms with Gasteiger partial charge < -0.3 is 4.74 Å². The molecule has 0 atom stereocenters. The van der Waals surface area contributed by atoms with Gasteiger partial charge in [-0.15, -0.1) is 0 Å². The van der Waals surface area contributed by atoms with Crippen LogP contribution in [-0.2, 0) is 13.0 Å². The van der Waals surface area contributed by atoms with Crippen molar-refractivity contribution in [3.63, 3.8) is 0 Å². The van der Waals surface area contributed by atoms with Crippen molar-refractivity contribution in [2.24, 2.45) is 0 Å². The maximum absolute atomic E-state index is 13.8. The number of ether oxygens (including phenoxy) is 1. The van der Waals surface area contributed by atoms with E-state index in [0.717, 1.165) is 12.8 Å². The Balaban J connectivity index is 2.07. The van der Waals surface area contributed by atoms with Crippen molar-refractivity contribution >= 4 is 15.9 Å². The highest BCUT2D eigenvalue weighted by Crippen LogP contribution is 2.23. The first-order valence-corrected chi connectivity index (χ1v) is 7.25. The molecule has 0 amide bonds. The molecule has 0 unspecified atom stereocenters. The van der Waals surface area contributed by atoms with Gasteiger partial charge in [-0.2, -0.15) is 0 Å². The van der Waals surface area contributed by atoms with Gasteiger partial charge in [0, 0.05) is 0 Å². The summed E-state index contributed by atoms with van der Waals surface area (Å²) in [4.78, 5) is 0. The first-order valence-electron chi connectivity index (χ1n) is 6.46. The molecule has 0 heterocycles. The van der Waals surface area contributed by atoms with Crippen LogP contribution in [0, 0.1) is 11.6 Å². The second-order valence-corrected chi connectivity index (χ2v) is 5.36. The fourth-order valence-corrected chi connectivity index (χ4v) is 2.27. The summed E-state index contributed by atoms with van der Waals surface area (Å²) in [7, 11) is 0. The molecule has 0 saturated heterocycles. The maximum Gasteiger partial charge on any atom is 0.146 e. The van der Waals surface area contributed by atoms with Crippen LogP contribution >= 0.6 is 15.9 Å². The Morgan fingerprint density at radius 3 is 2.40 bits per heavy atom. The zero-order valence-corrected chi connectivity index (χ0v) is 12.7. The summed E-state index contributed by atoms with van der Waals surface area (Å²) in [6.45, 7) is 1.98. The van der Waals surface area contributed by atoms with Crippen LogP contribution in [0.1, 0.15) is 24.5 Å². The lowest BCUT2D eigenvalue weighted by atomic mass is 10.1. The van der Waals surface area contributed by atoms with Crippen molar-refractivity contribution in [1.29, 1.82) is 0 Å². The zero-order valence-electron chi connectivity index (χ0n) is 11.1. The molecule has 0 aliphatic rings. The molecule has 106 valence electrons. The van der Waals surface area contributed by atoms with Gasteiger partial charge in [0.1, 0.15) is 24.0 Å². The van der Waals surface area contributed by atoms with Crippen molar-refractivity contribution in [3.05, 3.63) is 63.6 Å². The van der Waals surface area contributed by atoms with E-state index in [4.69, 9.17) is 4.74 Å². The maximum atomic E-state index is 13.8. The molecule has 4 heteroatoms. The summed E-state index contributed by atoms with van der Waals surface area (Å²) >= 11 is 3.04. The summed E-state index contributed by atoms with van der Waals surface area (Å²) < 4.78 is 33.0. The van der Waals surface area contributed by atoms with Crippen LogP contribution in [0.2, 0.25) is 0 Å². The average molecular weight is 341 g/mol. The lowest BCUT2D eigenvalue weighted by Gasteiger charge is -2.09. The molecule has 1 nitrogen and oxygen atoms in total. The van der Waals surface area contributed by atoms with Gasteiger partial charge in [-0.1, -0.05) is 25.5 Å². The van der Waals surface area contributed by atoms with E-state index >= 15 is 0 Å². The average Bonchev–Trinajstić information content (AvgIpc) is 2.45. The van der Waals surface area contributed by atoms with Crippen LogP contribution in [0.15, 0.2) is 40.9 Å². The lowest BCUT2D eigenvalue weighted by molar-refractivity contribution is 0.292. The van der Waals surface area contributed by atoms with Gasteiger partial charge >= 0.3 is 0 Å². The van der Waals surface area contributed by atoms with Crippen molar-refractivity contribution in [2.75, 3.05) is 0 Å². The van der Waals surface area contributed by atoms with Crippen LogP contribution < -0.4 is 4.74 Å². The largest absolute Gasteiger partial charge is 0.489 e. The van der Waals surface area contributed by atoms with E-state index in [2.05, 4.69) is 22.9 Å². The Morgan fingerprint density at radius 2 is 1.75 bits per heavy atom. The molecule has 0 spiro atoms. The molecule has 0 fully saturated rings. The smallest absolute Gasteiger partial charge is 0.146 e. The van der Waals surface area contributed by atoms with Gasteiger partial charge in [-0.3, -0.25) is 0 Å². The van der Waals surface area contributed by atoms with Crippen molar-refractivity contribution < 1.29 is 13.5 Å². The van der Waals surface area contributed by atoms with E-state index in [-0.39, 0.29) is 16.6 Å². The molecule has 2 aromatic carbocycles. The summed E-state index contributed by atoms with van der Waals surface area (Å²) in [5.41, 5.74) is 1.15. The number of hydrogen-bond donors (Lipinski definition) is 0. The molecule has 0 aliphatic heterocycles. The number of hydrogen-bond acceptors (Lipinski definition) is 1. The minimum absolute atomic E-state index is 0.0722. The Bertz CT molecular complexity index is 582. The Labute approximate surface area is 125 Å². The predicted octanol–water partition coefficient (Wildman–Crippen LogP) is 5.26. The van der Waals surface area contributed by atoms with Gasteiger partial charge in [0.05, 0.1) is 10.0 Å². The standard InChI is InChI=1S/C16H15BrF2O/c1-2-3-11-4-6-12(7-5-11)20-10-13-15(18)9-8-14(17)16(13)19/h4-9H,2-3,10H2,1H3. The second kappa shape index (κ2) is 6.84. The first-order chi connectivity index (χ1) is 9.61. The quantitative estimate of drug-likeness (QED) is 0.674. The second-order valence-electron chi connectivity index (χ2n) is 4.50. The third-order valence-electron chi connectivity index (χ3n) is 2.98. The molecule has 0 saturated carbocycles. The van der Waals surface area contributed by atoms with Crippen LogP contribution in [-0.4, -0.2) is 0 Å². The molecular weight excluding hydrogens is 326 g/mol. The lowest BCUT2D eigenvalue weighted by Crippen LogP contribution is -2.02. The van der Waals surface area contributed by atoms with Crippen molar-refractivity contribution in [3.8, 4) is 5.75 Å². The van der Waals surface area contributed by atoms with E-state index < -0.39 is 11.6 Å². The van der Waals surface area contributed by atoms with Crippen LogP contribution in [0.25, 0.3) is 0 Å². The van der Waals surface area contributed by atoms with Gasteiger partial charge in [0.2, 0.25) is 0 Å². The highest BCUT2D eigenvalue weighted by molar-refractivity contribution is 9.10. The zero-order chi connectivity index (χ0) is 14.5. The minimum Gasteiger partial charge on any atom is -0.489 e. The fraction of sp³-hybridized carbons (Fsp3) is 0.250. The third-order valence-corrected chi connectivity index (χ3v) is 3.60. The molecule has 0 radical (unpaired) electrons. The van der Waals surface area contributed by atoms with E-state index in [0.29, 0.717) is 5.75 Å². The number of halogens is 3. The molecule has 2 aromatic rings. The predicted molar refractivity (Wildman–Crippen MR) is 78.8 cm³/mol. The van der Waals surface area contributed by atoms with E-state index in [1.807, 2.05) is 24.3 Å². The Morgan fingerprint density at radius 1 is 1.05 bits per heavy atom. The molecule has 0 bridgehead atoms. The highest BCUT2D eigenvalue weighted by atomic mass is 79.9. The normalized spacial score (nSPS) is 10.6. The summed E-state index contributed by atoms with van der Waals surface area (Å²) in [6.07, 6.45) is 2.09. The van der Waals surface area contributed by atoms with Crippen molar-refractivity contribution in [1.82, 2.24) is 0 Å². The van der Waals surface area contributed by atoms with Gasteiger partial charge in [0.15, 0.2) is 0 Å².